The molecule has 0 bridgehead atoms. The van der Waals surface area contributed by atoms with Gasteiger partial charge in [0.1, 0.15) is 6.61 Å². The number of hydrogen-bond acceptors (Lipinski definition) is 8. The van der Waals surface area contributed by atoms with Crippen LogP contribution in [0.3, 0.4) is 0 Å². The number of rotatable bonds is 47. The van der Waals surface area contributed by atoms with Crippen LogP contribution in [0.5, 0.6) is 0 Å². The fourth-order valence-electron chi connectivity index (χ4n) is 7.34. The standard InChI is InChI=1S/C47H94NO8P/c1-3-5-7-9-10-11-12-13-14-15-16-17-18-19-20-21-22-23-24-25-26-27-28-29-30-31-32-33-34-36-38-40-47(50)56-45(44-55-57(51,52)54-42-41-48)43-53-46(49)39-37-35-8-6-4-2/h45H,3-44,48H2,1-2H3,(H,51,52). The predicted molar refractivity (Wildman–Crippen MR) is 238 cm³/mol. The Morgan fingerprint density at radius 1 is 0.456 bits per heavy atom. The first-order valence-electron chi connectivity index (χ1n) is 24.5. The molecule has 0 saturated carbocycles. The summed E-state index contributed by atoms with van der Waals surface area (Å²) in [6, 6.07) is 0. The van der Waals surface area contributed by atoms with Gasteiger partial charge in [0, 0.05) is 19.4 Å². The van der Waals surface area contributed by atoms with Crippen molar-refractivity contribution in [3.8, 4) is 0 Å². The molecule has 2 atom stereocenters. The monoisotopic (exact) mass is 832 g/mol. The fraction of sp³-hybridized carbons (Fsp3) is 0.957. The highest BCUT2D eigenvalue weighted by molar-refractivity contribution is 7.47. The number of hydrogen-bond donors (Lipinski definition) is 2. The summed E-state index contributed by atoms with van der Waals surface area (Å²) in [5, 5.41) is 0. The Balaban J connectivity index is 3.68. The van der Waals surface area contributed by atoms with Gasteiger partial charge in [-0.2, -0.15) is 0 Å². The van der Waals surface area contributed by atoms with Crippen molar-refractivity contribution in [2.75, 3.05) is 26.4 Å². The number of carbonyl (C=O) groups is 2. The zero-order chi connectivity index (χ0) is 41.8. The summed E-state index contributed by atoms with van der Waals surface area (Å²) in [6.45, 7) is 3.68. The molecule has 0 aliphatic rings. The third kappa shape index (κ3) is 44.4. The zero-order valence-corrected chi connectivity index (χ0v) is 38.5. The van der Waals surface area contributed by atoms with E-state index in [1.54, 1.807) is 0 Å². The number of unbranched alkanes of at least 4 members (excludes halogenated alkanes) is 34. The summed E-state index contributed by atoms with van der Waals surface area (Å²) < 4.78 is 32.6. The second-order valence-electron chi connectivity index (χ2n) is 16.7. The molecule has 0 saturated heterocycles. The van der Waals surface area contributed by atoms with Crippen molar-refractivity contribution in [2.24, 2.45) is 5.73 Å². The average molecular weight is 832 g/mol. The second-order valence-corrected chi connectivity index (χ2v) is 18.2. The van der Waals surface area contributed by atoms with E-state index in [4.69, 9.17) is 24.3 Å². The Morgan fingerprint density at radius 3 is 1.07 bits per heavy atom. The van der Waals surface area contributed by atoms with Crippen molar-refractivity contribution in [3.05, 3.63) is 0 Å². The van der Waals surface area contributed by atoms with Crippen LogP contribution in [-0.2, 0) is 32.7 Å². The lowest BCUT2D eigenvalue weighted by atomic mass is 10.0. The van der Waals surface area contributed by atoms with E-state index in [-0.39, 0.29) is 38.6 Å². The van der Waals surface area contributed by atoms with Crippen molar-refractivity contribution >= 4 is 19.8 Å². The lowest BCUT2D eigenvalue weighted by Crippen LogP contribution is -2.29. The number of esters is 2. The molecule has 0 radical (unpaired) electrons. The molecule has 2 unspecified atom stereocenters. The Labute approximate surface area is 352 Å². The molecular formula is C47H94NO8P. The smallest absolute Gasteiger partial charge is 0.462 e. The first-order valence-corrected chi connectivity index (χ1v) is 26.0. The van der Waals surface area contributed by atoms with Gasteiger partial charge in [-0.1, -0.05) is 232 Å². The summed E-state index contributed by atoms with van der Waals surface area (Å²) >= 11 is 0. The van der Waals surface area contributed by atoms with Gasteiger partial charge in [0.2, 0.25) is 0 Å². The third-order valence-corrected chi connectivity index (χ3v) is 12.0. The van der Waals surface area contributed by atoms with E-state index in [9.17, 15) is 19.0 Å². The van der Waals surface area contributed by atoms with Crippen LogP contribution in [0.15, 0.2) is 0 Å². The molecule has 9 nitrogen and oxygen atoms in total. The first-order chi connectivity index (χ1) is 27.8. The molecule has 0 aromatic rings. The van der Waals surface area contributed by atoms with Gasteiger partial charge in [-0.05, 0) is 12.8 Å². The highest BCUT2D eigenvalue weighted by Crippen LogP contribution is 2.43. The summed E-state index contributed by atoms with van der Waals surface area (Å²) in [5.74, 6) is -0.828. The van der Waals surface area contributed by atoms with Gasteiger partial charge < -0.3 is 20.1 Å². The minimum absolute atomic E-state index is 0.0574. The largest absolute Gasteiger partial charge is 0.472 e. The van der Waals surface area contributed by atoms with Gasteiger partial charge in [-0.3, -0.25) is 18.6 Å². The highest BCUT2D eigenvalue weighted by Gasteiger charge is 2.26. The Morgan fingerprint density at radius 2 is 0.754 bits per heavy atom. The molecule has 0 aromatic carbocycles. The Bertz CT molecular complexity index is 907. The SMILES string of the molecule is CCCCCCCCCCCCCCCCCCCCCCCCCCCCCCCCCC(=O)OC(COC(=O)CCCCCCC)COP(=O)(O)OCCN. The molecule has 0 aromatic heterocycles. The minimum Gasteiger partial charge on any atom is -0.462 e. The topological polar surface area (TPSA) is 134 Å². The molecule has 0 rings (SSSR count). The number of phosphoric ester groups is 1. The number of phosphoric acid groups is 1. The summed E-state index contributed by atoms with van der Waals surface area (Å²) in [6.07, 6.45) is 46.6. The van der Waals surface area contributed by atoms with E-state index >= 15 is 0 Å². The molecule has 3 N–H and O–H groups in total. The molecule has 0 aliphatic carbocycles. The van der Waals surface area contributed by atoms with Crippen LogP contribution in [0.4, 0.5) is 0 Å². The van der Waals surface area contributed by atoms with Crippen molar-refractivity contribution in [1.82, 2.24) is 0 Å². The van der Waals surface area contributed by atoms with Gasteiger partial charge in [-0.25, -0.2) is 4.57 Å². The van der Waals surface area contributed by atoms with Crippen molar-refractivity contribution in [2.45, 2.75) is 264 Å². The highest BCUT2D eigenvalue weighted by atomic mass is 31.2. The number of carbonyl (C=O) groups excluding carboxylic acids is 2. The summed E-state index contributed by atoms with van der Waals surface area (Å²) in [7, 11) is -4.36. The molecule has 0 spiro atoms. The molecule has 0 aliphatic heterocycles. The lowest BCUT2D eigenvalue weighted by molar-refractivity contribution is -0.161. The maximum absolute atomic E-state index is 12.5. The molecular weight excluding hydrogens is 737 g/mol. The average Bonchev–Trinajstić information content (AvgIpc) is 3.20. The minimum atomic E-state index is -4.36. The Kier molecular flexibility index (Phi) is 43.8. The van der Waals surface area contributed by atoms with Crippen LogP contribution in [0.2, 0.25) is 0 Å². The summed E-state index contributed by atoms with van der Waals surface area (Å²) in [4.78, 5) is 34.5. The molecule has 340 valence electrons. The van der Waals surface area contributed by atoms with Crippen molar-refractivity contribution in [3.63, 3.8) is 0 Å². The maximum atomic E-state index is 12.5. The molecule has 0 amide bonds. The summed E-state index contributed by atoms with van der Waals surface area (Å²) in [5.41, 5.74) is 5.33. The van der Waals surface area contributed by atoms with E-state index in [0.717, 1.165) is 44.9 Å². The van der Waals surface area contributed by atoms with Crippen LogP contribution < -0.4 is 5.73 Å². The van der Waals surface area contributed by atoms with Crippen molar-refractivity contribution < 1.29 is 37.6 Å². The van der Waals surface area contributed by atoms with Gasteiger partial charge in [0.05, 0.1) is 13.2 Å². The van der Waals surface area contributed by atoms with Crippen LogP contribution in [0.1, 0.15) is 258 Å². The molecule has 0 fully saturated rings. The zero-order valence-electron chi connectivity index (χ0n) is 37.6. The van der Waals surface area contributed by atoms with Crippen LogP contribution in [0.25, 0.3) is 0 Å². The van der Waals surface area contributed by atoms with Crippen LogP contribution in [-0.4, -0.2) is 49.3 Å². The van der Waals surface area contributed by atoms with E-state index in [1.807, 2.05) is 0 Å². The predicted octanol–water partition coefficient (Wildman–Crippen LogP) is 14.4. The van der Waals surface area contributed by atoms with Gasteiger partial charge in [0.15, 0.2) is 6.10 Å². The second kappa shape index (κ2) is 44.6. The normalized spacial score (nSPS) is 13.1. The molecule has 57 heavy (non-hydrogen) atoms. The fourth-order valence-corrected chi connectivity index (χ4v) is 8.11. The lowest BCUT2D eigenvalue weighted by Gasteiger charge is -2.19. The van der Waals surface area contributed by atoms with Gasteiger partial charge in [-0.15, -0.1) is 0 Å². The maximum Gasteiger partial charge on any atom is 0.472 e. The molecule has 10 heteroatoms. The Hall–Kier alpha value is -0.990. The van der Waals surface area contributed by atoms with Gasteiger partial charge >= 0.3 is 19.8 Å². The van der Waals surface area contributed by atoms with Crippen molar-refractivity contribution in [1.29, 1.82) is 0 Å². The van der Waals surface area contributed by atoms with Crippen LogP contribution >= 0.6 is 7.82 Å². The quantitative estimate of drug-likeness (QED) is 0.0349. The molecule has 0 heterocycles. The van der Waals surface area contributed by atoms with E-state index in [1.165, 1.54) is 180 Å². The van der Waals surface area contributed by atoms with E-state index < -0.39 is 26.5 Å². The third-order valence-electron chi connectivity index (χ3n) is 11.0. The number of ether oxygens (including phenoxy) is 2. The van der Waals surface area contributed by atoms with Crippen LogP contribution in [0, 0.1) is 0 Å². The van der Waals surface area contributed by atoms with E-state index in [2.05, 4.69) is 13.8 Å². The first kappa shape index (κ1) is 56.0. The van der Waals surface area contributed by atoms with E-state index in [0.29, 0.717) is 6.42 Å². The number of nitrogens with two attached hydrogens (primary N) is 1. The van der Waals surface area contributed by atoms with Gasteiger partial charge in [0.25, 0.3) is 0 Å².